The van der Waals surface area contributed by atoms with Crippen molar-refractivity contribution in [2.75, 3.05) is 13.2 Å². The van der Waals surface area contributed by atoms with Gasteiger partial charge in [-0.15, -0.1) is 0 Å². The van der Waals surface area contributed by atoms with E-state index in [-0.39, 0.29) is 18.7 Å². The van der Waals surface area contributed by atoms with Gasteiger partial charge in [-0.1, -0.05) is 0 Å². The van der Waals surface area contributed by atoms with E-state index in [0.717, 1.165) is 5.69 Å². The Morgan fingerprint density at radius 3 is 2.56 bits per heavy atom. The Hall–Kier alpha value is -1.86. The number of rotatable bonds is 2. The molecule has 7 heteroatoms. The Balaban J connectivity index is 2.18. The molecule has 136 valence electrons. The Bertz CT molecular complexity index is 788. The van der Waals surface area contributed by atoms with Crippen LogP contribution in [0.4, 0.5) is 13.2 Å². The maximum atomic E-state index is 15.3. The molecule has 1 aromatic heterocycles. The number of alkyl halides is 2. The van der Waals surface area contributed by atoms with Gasteiger partial charge < -0.3 is 10.1 Å². The summed E-state index contributed by atoms with van der Waals surface area (Å²) in [6, 6.07) is 6.01. The van der Waals surface area contributed by atoms with Gasteiger partial charge in [-0.05, 0) is 45.0 Å². The lowest BCUT2D eigenvalue weighted by Crippen LogP contribution is -2.61. The summed E-state index contributed by atoms with van der Waals surface area (Å²) in [7, 11) is 1.75. The largest absolute Gasteiger partial charge is 0.368 e. The van der Waals surface area contributed by atoms with Crippen molar-refractivity contribution in [1.29, 1.82) is 0 Å². The van der Waals surface area contributed by atoms with E-state index < -0.39 is 22.9 Å². The third-order valence-corrected chi connectivity index (χ3v) is 5.05. The van der Waals surface area contributed by atoms with Crippen LogP contribution in [0.1, 0.15) is 26.3 Å². The van der Waals surface area contributed by atoms with E-state index in [0.29, 0.717) is 5.56 Å². The zero-order chi connectivity index (χ0) is 18.5. The highest BCUT2D eigenvalue weighted by Gasteiger charge is 2.63. The summed E-state index contributed by atoms with van der Waals surface area (Å²) in [5, 5.41) is 6.89. The average Bonchev–Trinajstić information content (AvgIpc) is 2.94. The van der Waals surface area contributed by atoms with Crippen molar-refractivity contribution in [2.24, 2.45) is 7.05 Å². The highest BCUT2D eigenvalue weighted by Crippen LogP contribution is 2.48. The van der Waals surface area contributed by atoms with Gasteiger partial charge in [0.05, 0.1) is 12.3 Å². The molecule has 25 heavy (non-hydrogen) atoms. The first-order chi connectivity index (χ1) is 11.6. The van der Waals surface area contributed by atoms with Crippen molar-refractivity contribution < 1.29 is 17.9 Å². The van der Waals surface area contributed by atoms with Gasteiger partial charge in [0, 0.05) is 30.9 Å². The molecule has 1 aromatic carbocycles. The van der Waals surface area contributed by atoms with Crippen LogP contribution >= 0.6 is 0 Å². The highest BCUT2D eigenvalue weighted by atomic mass is 19.3. The summed E-state index contributed by atoms with van der Waals surface area (Å²) in [5.74, 6) is -4.03. The van der Waals surface area contributed by atoms with E-state index in [1.807, 2.05) is 0 Å². The minimum atomic E-state index is -3.34. The van der Waals surface area contributed by atoms with Crippen LogP contribution in [-0.4, -0.2) is 34.5 Å². The molecule has 0 bridgehead atoms. The second-order valence-electron chi connectivity index (χ2n) is 7.02. The molecule has 0 aliphatic carbocycles. The lowest BCUT2D eigenvalue weighted by Gasteiger charge is -2.44. The zero-order valence-electron chi connectivity index (χ0n) is 14.7. The molecule has 0 unspecified atom stereocenters. The lowest BCUT2D eigenvalue weighted by atomic mass is 9.77. The Labute approximate surface area is 145 Å². The van der Waals surface area contributed by atoms with Gasteiger partial charge in [0.2, 0.25) is 0 Å². The summed E-state index contributed by atoms with van der Waals surface area (Å²) in [6.07, 6.45) is 1.61. The van der Waals surface area contributed by atoms with Gasteiger partial charge >= 0.3 is 0 Å². The Morgan fingerprint density at radius 2 is 1.92 bits per heavy atom. The summed E-state index contributed by atoms with van der Waals surface area (Å²) in [5.41, 5.74) is -2.39. The molecule has 1 fully saturated rings. The van der Waals surface area contributed by atoms with Crippen molar-refractivity contribution in [3.63, 3.8) is 0 Å². The molecule has 0 radical (unpaired) electrons. The Kier molecular flexibility index (Phi) is 4.20. The van der Waals surface area contributed by atoms with E-state index in [1.54, 1.807) is 30.1 Å². The Morgan fingerprint density at radius 1 is 1.20 bits per heavy atom. The molecule has 1 N–H and O–H groups in total. The smallest absolute Gasteiger partial charge is 0.297 e. The summed E-state index contributed by atoms with van der Waals surface area (Å²) in [4.78, 5) is 0. The summed E-state index contributed by atoms with van der Waals surface area (Å²) in [6.45, 7) is 4.32. The second kappa shape index (κ2) is 5.85. The second-order valence-corrected chi connectivity index (χ2v) is 7.02. The van der Waals surface area contributed by atoms with Crippen LogP contribution in [0.3, 0.4) is 0 Å². The molecule has 2 aromatic rings. The number of hydrogen-bond acceptors (Lipinski definition) is 3. The van der Waals surface area contributed by atoms with E-state index >= 15 is 8.78 Å². The molecule has 0 saturated carbocycles. The first-order valence-corrected chi connectivity index (χ1v) is 8.15. The van der Waals surface area contributed by atoms with Gasteiger partial charge in [0.25, 0.3) is 5.92 Å². The molecule has 0 spiro atoms. The quantitative estimate of drug-likeness (QED) is 0.899. The van der Waals surface area contributed by atoms with Gasteiger partial charge in [0.15, 0.2) is 0 Å². The molecule has 0 amide bonds. The molecule has 1 atom stereocenters. The number of ether oxygens (including phenoxy) is 1. The van der Waals surface area contributed by atoms with Crippen LogP contribution in [-0.2, 0) is 17.3 Å². The average molecular weight is 353 g/mol. The molecular formula is C18H22F3N3O. The molecular weight excluding hydrogens is 331 g/mol. The summed E-state index contributed by atoms with van der Waals surface area (Å²) >= 11 is 0. The van der Waals surface area contributed by atoms with Crippen molar-refractivity contribution in [2.45, 2.75) is 37.8 Å². The molecule has 1 saturated heterocycles. The summed E-state index contributed by atoms with van der Waals surface area (Å²) < 4.78 is 52.3. The van der Waals surface area contributed by atoms with E-state index in [4.69, 9.17) is 4.74 Å². The van der Waals surface area contributed by atoms with Gasteiger partial charge in [-0.3, -0.25) is 4.68 Å². The highest BCUT2D eigenvalue weighted by molar-refractivity contribution is 5.61. The van der Waals surface area contributed by atoms with Crippen molar-refractivity contribution in [1.82, 2.24) is 15.1 Å². The fourth-order valence-electron chi connectivity index (χ4n) is 3.40. The van der Waals surface area contributed by atoms with Crippen molar-refractivity contribution >= 4 is 0 Å². The van der Waals surface area contributed by atoms with Crippen LogP contribution in [0, 0.1) is 5.82 Å². The van der Waals surface area contributed by atoms with Gasteiger partial charge in [-0.2, -0.15) is 5.10 Å². The number of aromatic nitrogens is 2. The standard InChI is InChI=1S/C18H22F3N3O/c1-16(2)18(20,21)17(3,22-9-10-25-16)13-11-12(5-6-14(13)19)15-7-8-23-24(15)4/h5-8,11,22H,9-10H2,1-4H3/t17-/m1/s1. The van der Waals surface area contributed by atoms with Crippen LogP contribution < -0.4 is 5.32 Å². The lowest BCUT2D eigenvalue weighted by molar-refractivity contribution is -0.216. The molecule has 1 aliphatic rings. The SMILES string of the molecule is Cn1nccc1-c1ccc(F)c([C@@]2(C)NCCOC(C)(C)C2(F)F)c1. The van der Waals surface area contributed by atoms with Crippen LogP contribution in [0.2, 0.25) is 0 Å². The number of nitrogens with zero attached hydrogens (tertiary/aromatic N) is 2. The van der Waals surface area contributed by atoms with Crippen molar-refractivity contribution in [3.05, 3.63) is 41.8 Å². The van der Waals surface area contributed by atoms with Gasteiger partial charge in [0.1, 0.15) is 17.0 Å². The predicted octanol–water partition coefficient (Wildman–Crippen LogP) is 3.48. The third-order valence-electron chi connectivity index (χ3n) is 5.05. The first kappa shape index (κ1) is 17.9. The number of halogens is 3. The van der Waals surface area contributed by atoms with Crippen LogP contribution in [0.15, 0.2) is 30.5 Å². The van der Waals surface area contributed by atoms with Crippen LogP contribution in [0.5, 0.6) is 0 Å². The number of hydrogen-bond donors (Lipinski definition) is 1. The molecule has 4 nitrogen and oxygen atoms in total. The topological polar surface area (TPSA) is 39.1 Å². The van der Waals surface area contributed by atoms with Gasteiger partial charge in [-0.25, -0.2) is 13.2 Å². The third kappa shape index (κ3) is 2.66. The minimum Gasteiger partial charge on any atom is -0.368 e. The predicted molar refractivity (Wildman–Crippen MR) is 88.9 cm³/mol. The minimum absolute atomic E-state index is 0.0882. The maximum Gasteiger partial charge on any atom is 0.297 e. The van der Waals surface area contributed by atoms with Crippen LogP contribution in [0.25, 0.3) is 11.3 Å². The fraction of sp³-hybridized carbons (Fsp3) is 0.500. The molecule has 2 heterocycles. The first-order valence-electron chi connectivity index (χ1n) is 8.15. The molecule has 3 rings (SSSR count). The van der Waals surface area contributed by atoms with E-state index in [1.165, 1.54) is 32.9 Å². The van der Waals surface area contributed by atoms with E-state index in [9.17, 15) is 4.39 Å². The maximum absolute atomic E-state index is 15.3. The van der Waals surface area contributed by atoms with E-state index in [2.05, 4.69) is 10.4 Å². The monoisotopic (exact) mass is 353 g/mol. The normalized spacial score (nSPS) is 25.6. The zero-order valence-corrected chi connectivity index (χ0v) is 14.7. The number of aryl methyl sites for hydroxylation is 1. The van der Waals surface area contributed by atoms with Crippen molar-refractivity contribution in [3.8, 4) is 11.3 Å². The fourth-order valence-corrected chi connectivity index (χ4v) is 3.40. The number of nitrogens with one attached hydrogen (secondary N) is 1. The number of benzene rings is 1. The molecule has 1 aliphatic heterocycles.